The van der Waals surface area contributed by atoms with E-state index in [1.165, 1.54) is 31.9 Å². The molecule has 1 fully saturated rings. The monoisotopic (exact) mass is 452 g/mol. The Balaban J connectivity index is 1.68. The molecule has 1 aliphatic rings. The molecule has 3 atom stereocenters. The molecular weight excluding hydrogens is 434 g/mol. The molecule has 0 spiro atoms. The fourth-order valence-corrected chi connectivity index (χ4v) is 3.13. The number of anilines is 1. The number of carbonyl (C=O) groups excluding carboxylic acids is 1. The van der Waals surface area contributed by atoms with Crippen molar-refractivity contribution in [2.24, 2.45) is 7.05 Å². The van der Waals surface area contributed by atoms with E-state index in [-0.39, 0.29) is 23.8 Å². The zero-order chi connectivity index (χ0) is 23.1. The summed E-state index contributed by atoms with van der Waals surface area (Å²) < 4.78 is 80.5. The average molecular weight is 452 g/mol. The second kappa shape index (κ2) is 7.98. The van der Waals surface area contributed by atoms with Crippen molar-refractivity contribution in [3.05, 3.63) is 24.2 Å². The van der Waals surface area contributed by atoms with Gasteiger partial charge in [0.05, 0.1) is 17.4 Å². The van der Waals surface area contributed by atoms with Gasteiger partial charge in [-0.25, -0.2) is 9.97 Å². The molecule has 0 saturated carbocycles. The van der Waals surface area contributed by atoms with E-state index < -0.39 is 42.3 Å². The lowest BCUT2D eigenvalue weighted by atomic mass is 10.00. The summed E-state index contributed by atoms with van der Waals surface area (Å²) in [6.07, 6.45) is -9.44. The number of hydrogen-bond donors (Lipinski definition) is 1. The number of carbonyl (C=O) groups is 1. The van der Waals surface area contributed by atoms with E-state index in [1.807, 2.05) is 0 Å². The van der Waals surface area contributed by atoms with Gasteiger partial charge in [-0.1, -0.05) is 0 Å². The number of hydrogen-bond acceptors (Lipinski definition) is 6. The van der Waals surface area contributed by atoms with Gasteiger partial charge >= 0.3 is 12.5 Å². The minimum atomic E-state index is -4.78. The Morgan fingerprint density at radius 2 is 1.90 bits per heavy atom. The Morgan fingerprint density at radius 3 is 2.45 bits per heavy atom. The van der Waals surface area contributed by atoms with Crippen LogP contribution in [0.2, 0.25) is 0 Å². The Kier molecular flexibility index (Phi) is 5.86. The maximum Gasteiger partial charge on any atom is 0.522 e. The number of alkyl halides is 6. The third kappa shape index (κ3) is 5.06. The predicted octanol–water partition coefficient (Wildman–Crippen LogP) is 2.83. The molecule has 31 heavy (non-hydrogen) atoms. The summed E-state index contributed by atoms with van der Waals surface area (Å²) in [4.78, 5) is 21.6. The zero-order valence-corrected chi connectivity index (χ0v) is 16.5. The molecule has 1 amide bonds. The lowest BCUT2D eigenvalue weighted by molar-refractivity contribution is -0.359. The van der Waals surface area contributed by atoms with Crippen LogP contribution >= 0.6 is 0 Å². The summed E-state index contributed by atoms with van der Waals surface area (Å²) in [5.41, 5.74) is -0.858. The van der Waals surface area contributed by atoms with E-state index >= 15 is 0 Å². The molecule has 14 heteroatoms. The van der Waals surface area contributed by atoms with E-state index in [2.05, 4.69) is 25.1 Å². The van der Waals surface area contributed by atoms with Gasteiger partial charge in [-0.05, 0) is 19.9 Å². The van der Waals surface area contributed by atoms with Crippen molar-refractivity contribution in [1.29, 1.82) is 0 Å². The zero-order valence-electron chi connectivity index (χ0n) is 16.5. The number of aromatic nitrogens is 4. The van der Waals surface area contributed by atoms with Gasteiger partial charge in [0.15, 0.2) is 5.69 Å². The van der Waals surface area contributed by atoms with Crippen molar-refractivity contribution in [1.82, 2.24) is 24.6 Å². The highest BCUT2D eigenvalue weighted by molar-refractivity contribution is 5.85. The molecule has 3 rings (SSSR count). The molecule has 2 aromatic heterocycles. The summed E-state index contributed by atoms with van der Waals surface area (Å²) in [7, 11) is 1.33. The van der Waals surface area contributed by atoms with Crippen molar-refractivity contribution in [2.45, 2.75) is 44.6 Å². The normalized spacial score (nSPS) is 20.4. The molecule has 3 heterocycles. The summed E-state index contributed by atoms with van der Waals surface area (Å²) in [5, 5.41) is 6.20. The van der Waals surface area contributed by atoms with Crippen LogP contribution in [0.15, 0.2) is 18.5 Å². The molecule has 8 nitrogen and oxygen atoms in total. The van der Waals surface area contributed by atoms with Crippen LogP contribution in [0.5, 0.6) is 0 Å². The Hall–Kier alpha value is -2.90. The fourth-order valence-electron chi connectivity index (χ4n) is 3.13. The SMILES string of the molecule is C[C@@H](Nc1cc(-c2cc(C(F)(F)F)nn2C)ncn1)C(=O)N1C[C@H](OC(F)(F)F)[C@@H]1C. The quantitative estimate of drug-likeness (QED) is 0.703. The standard InChI is InChI=1S/C17H18F6N6O2/c1-8(15(30)29-6-12(9(29)2)31-17(21,22)23)26-14-4-10(24-7-25-14)11-5-13(16(18,19)20)27-28(11)3/h4-5,7-9,12H,6H2,1-3H3,(H,24,25,26)/t8-,9+,12+/m1/s1. The highest BCUT2D eigenvalue weighted by Crippen LogP contribution is 2.32. The number of likely N-dealkylation sites (tertiary alicyclic amines) is 1. The van der Waals surface area contributed by atoms with E-state index in [0.717, 1.165) is 17.1 Å². The van der Waals surface area contributed by atoms with Crippen molar-refractivity contribution in [2.75, 3.05) is 11.9 Å². The maximum absolute atomic E-state index is 12.9. The van der Waals surface area contributed by atoms with Crippen LogP contribution in [-0.4, -0.2) is 61.7 Å². The van der Waals surface area contributed by atoms with E-state index in [0.29, 0.717) is 0 Å². The molecule has 0 aliphatic carbocycles. The molecule has 1 saturated heterocycles. The molecule has 170 valence electrons. The van der Waals surface area contributed by atoms with Crippen molar-refractivity contribution < 1.29 is 35.9 Å². The number of halogens is 6. The van der Waals surface area contributed by atoms with Gasteiger partial charge < -0.3 is 10.2 Å². The molecule has 0 radical (unpaired) electrons. The minimum Gasteiger partial charge on any atom is -0.359 e. The van der Waals surface area contributed by atoms with E-state index in [9.17, 15) is 31.1 Å². The Morgan fingerprint density at radius 1 is 1.23 bits per heavy atom. The van der Waals surface area contributed by atoms with Gasteiger partial charge in [-0.3, -0.25) is 14.2 Å². The molecule has 0 aromatic carbocycles. The number of nitrogens with zero attached hydrogens (tertiary/aromatic N) is 5. The molecule has 1 N–H and O–H groups in total. The summed E-state index contributed by atoms with van der Waals surface area (Å²) in [5.74, 6) is -0.327. The third-order valence-electron chi connectivity index (χ3n) is 4.81. The van der Waals surface area contributed by atoms with Gasteiger partial charge in [-0.15, -0.1) is 13.2 Å². The van der Waals surface area contributed by atoms with Crippen LogP contribution in [0.25, 0.3) is 11.4 Å². The molecule has 1 aliphatic heterocycles. The predicted molar refractivity (Wildman–Crippen MR) is 94.4 cm³/mol. The maximum atomic E-state index is 12.9. The van der Waals surface area contributed by atoms with Crippen LogP contribution in [0.4, 0.5) is 32.2 Å². The van der Waals surface area contributed by atoms with E-state index in [4.69, 9.17) is 0 Å². The molecular formula is C17H18F6N6O2. The van der Waals surface area contributed by atoms with Crippen LogP contribution < -0.4 is 5.32 Å². The van der Waals surface area contributed by atoms with Crippen LogP contribution in [0.1, 0.15) is 19.5 Å². The second-order valence-electron chi connectivity index (χ2n) is 7.02. The van der Waals surface area contributed by atoms with Gasteiger partial charge in [0, 0.05) is 19.7 Å². The first-order valence-electron chi connectivity index (χ1n) is 9.01. The lowest BCUT2D eigenvalue weighted by Gasteiger charge is -2.46. The molecule has 0 unspecified atom stereocenters. The summed E-state index contributed by atoms with van der Waals surface area (Å²) >= 11 is 0. The molecule has 2 aromatic rings. The van der Waals surface area contributed by atoms with Gasteiger partial charge in [0.2, 0.25) is 5.91 Å². The first-order valence-corrected chi connectivity index (χ1v) is 9.01. The Labute approximate surface area is 172 Å². The van der Waals surface area contributed by atoms with Crippen molar-refractivity contribution in [3.63, 3.8) is 0 Å². The number of rotatable bonds is 5. The largest absolute Gasteiger partial charge is 0.522 e. The van der Waals surface area contributed by atoms with Gasteiger partial charge in [0.1, 0.15) is 24.3 Å². The first kappa shape index (κ1) is 22.8. The second-order valence-corrected chi connectivity index (χ2v) is 7.02. The fraction of sp³-hybridized carbons (Fsp3) is 0.529. The number of aryl methyl sites for hydroxylation is 1. The van der Waals surface area contributed by atoms with Crippen LogP contribution in [-0.2, 0) is 22.8 Å². The first-order chi connectivity index (χ1) is 14.3. The highest BCUT2D eigenvalue weighted by Gasteiger charge is 2.46. The van der Waals surface area contributed by atoms with Crippen molar-refractivity contribution in [3.8, 4) is 11.4 Å². The number of ether oxygens (including phenoxy) is 1. The van der Waals surface area contributed by atoms with Crippen LogP contribution in [0.3, 0.4) is 0 Å². The van der Waals surface area contributed by atoms with Crippen molar-refractivity contribution >= 4 is 11.7 Å². The number of nitrogens with one attached hydrogen (secondary N) is 1. The van der Waals surface area contributed by atoms with Gasteiger partial charge in [0.25, 0.3) is 0 Å². The number of amides is 1. The lowest BCUT2D eigenvalue weighted by Crippen LogP contribution is -2.64. The van der Waals surface area contributed by atoms with Crippen LogP contribution in [0, 0.1) is 0 Å². The smallest absolute Gasteiger partial charge is 0.359 e. The molecule has 0 bridgehead atoms. The highest BCUT2D eigenvalue weighted by atomic mass is 19.4. The van der Waals surface area contributed by atoms with E-state index in [1.54, 1.807) is 0 Å². The average Bonchev–Trinajstić information content (AvgIpc) is 3.05. The topological polar surface area (TPSA) is 85.2 Å². The third-order valence-corrected chi connectivity index (χ3v) is 4.81. The summed E-state index contributed by atoms with van der Waals surface area (Å²) in [6, 6.07) is 0.545. The van der Waals surface area contributed by atoms with Gasteiger partial charge in [-0.2, -0.15) is 18.3 Å². The summed E-state index contributed by atoms with van der Waals surface area (Å²) in [6.45, 7) is 2.71. The Bertz CT molecular complexity index is 959. The minimum absolute atomic E-state index is 0.0836.